The van der Waals surface area contributed by atoms with Gasteiger partial charge in [-0.3, -0.25) is 19.6 Å². The molecule has 3 heterocycles. The van der Waals surface area contributed by atoms with Gasteiger partial charge in [-0.1, -0.05) is 36.4 Å². The van der Waals surface area contributed by atoms with Crippen LogP contribution in [0.25, 0.3) is 0 Å². The van der Waals surface area contributed by atoms with E-state index in [-0.39, 0.29) is 11.9 Å². The largest absolute Gasteiger partial charge is 0.447 e. The second-order valence-electron chi connectivity index (χ2n) is 8.10. The third-order valence-corrected chi connectivity index (χ3v) is 5.50. The van der Waals surface area contributed by atoms with Crippen LogP contribution in [-0.2, 0) is 19.5 Å². The van der Waals surface area contributed by atoms with Gasteiger partial charge in [-0.15, -0.1) is 0 Å². The van der Waals surface area contributed by atoms with E-state index in [2.05, 4.69) is 49.4 Å². The molecule has 2 aromatic heterocycles. The molecule has 0 bridgehead atoms. The number of aromatic nitrogens is 2. The third kappa shape index (κ3) is 6.23. The second-order valence-corrected chi connectivity index (χ2v) is 8.10. The molecule has 1 aliphatic rings. The van der Waals surface area contributed by atoms with Crippen LogP contribution in [0.3, 0.4) is 0 Å². The Kier molecular flexibility index (Phi) is 7.07. The zero-order valence-corrected chi connectivity index (χ0v) is 17.9. The molecule has 0 spiro atoms. The van der Waals surface area contributed by atoms with Crippen molar-refractivity contribution in [2.24, 2.45) is 0 Å². The maximum Gasteiger partial charge on any atom is 0.273 e. The van der Waals surface area contributed by atoms with E-state index in [0.717, 1.165) is 44.7 Å². The number of hydrogen-bond donors (Lipinski definition) is 1. The van der Waals surface area contributed by atoms with Crippen LogP contribution < -0.4 is 5.32 Å². The van der Waals surface area contributed by atoms with Crippen molar-refractivity contribution in [3.8, 4) is 0 Å². The Bertz CT molecular complexity index is 952. The van der Waals surface area contributed by atoms with E-state index in [4.69, 9.17) is 4.42 Å². The molecule has 1 amide bonds. The van der Waals surface area contributed by atoms with Crippen LogP contribution in [0.4, 0.5) is 0 Å². The molecule has 0 radical (unpaired) electrons. The molecule has 1 atom stereocenters. The van der Waals surface area contributed by atoms with Crippen molar-refractivity contribution in [1.82, 2.24) is 25.1 Å². The number of benzene rings is 1. The lowest BCUT2D eigenvalue weighted by atomic mass is 10.1. The molecule has 162 valence electrons. The van der Waals surface area contributed by atoms with E-state index < -0.39 is 0 Å². The normalized spacial score (nSPS) is 16.2. The maximum atomic E-state index is 12.5. The number of carbonyl (C=O) groups is 1. The smallest absolute Gasteiger partial charge is 0.273 e. The molecule has 4 rings (SSSR count). The van der Waals surface area contributed by atoms with Gasteiger partial charge in [-0.2, -0.15) is 0 Å². The molecule has 7 nitrogen and oxygen atoms in total. The summed E-state index contributed by atoms with van der Waals surface area (Å²) < 4.78 is 5.57. The topological polar surface area (TPSA) is 74.5 Å². The van der Waals surface area contributed by atoms with E-state index in [1.165, 1.54) is 11.8 Å². The van der Waals surface area contributed by atoms with Crippen molar-refractivity contribution in [1.29, 1.82) is 0 Å². The van der Waals surface area contributed by atoms with Crippen molar-refractivity contribution >= 4 is 5.91 Å². The van der Waals surface area contributed by atoms with E-state index in [9.17, 15) is 4.79 Å². The summed E-state index contributed by atoms with van der Waals surface area (Å²) in [5, 5.41) is 2.98. The minimum Gasteiger partial charge on any atom is -0.447 e. The van der Waals surface area contributed by atoms with Crippen molar-refractivity contribution in [2.75, 3.05) is 26.2 Å². The summed E-state index contributed by atoms with van der Waals surface area (Å²) in [5.74, 6) is 0.376. The highest BCUT2D eigenvalue weighted by atomic mass is 16.3. The van der Waals surface area contributed by atoms with Crippen LogP contribution in [0, 0.1) is 0 Å². The second kappa shape index (κ2) is 10.3. The average molecular weight is 420 g/mol. The predicted octanol–water partition coefficient (Wildman–Crippen LogP) is 2.75. The first-order valence-corrected chi connectivity index (χ1v) is 10.8. The van der Waals surface area contributed by atoms with Gasteiger partial charge in [0.1, 0.15) is 6.26 Å². The standard InChI is InChI=1S/C24H29N5O2/c1-19(14-21-8-5-9-25-15-21)26-24(30)22-18-31-23(27-22)17-29-12-10-28(11-13-29)16-20-6-3-2-4-7-20/h2-9,15,18-19H,10-14,16-17H2,1H3,(H,26,30). The summed E-state index contributed by atoms with van der Waals surface area (Å²) >= 11 is 0. The molecule has 1 saturated heterocycles. The fourth-order valence-electron chi connectivity index (χ4n) is 3.85. The Balaban J connectivity index is 1.22. The van der Waals surface area contributed by atoms with Gasteiger partial charge < -0.3 is 9.73 Å². The molecule has 1 fully saturated rings. The van der Waals surface area contributed by atoms with Crippen LogP contribution in [0.15, 0.2) is 65.5 Å². The Morgan fingerprint density at radius 1 is 1.03 bits per heavy atom. The van der Waals surface area contributed by atoms with Gasteiger partial charge in [0.2, 0.25) is 5.89 Å². The minimum absolute atomic E-state index is 0.0189. The SMILES string of the molecule is CC(Cc1cccnc1)NC(=O)c1coc(CN2CCN(Cc3ccccc3)CC2)n1. The van der Waals surface area contributed by atoms with Gasteiger partial charge in [-0.25, -0.2) is 4.98 Å². The van der Waals surface area contributed by atoms with Gasteiger partial charge in [0.25, 0.3) is 5.91 Å². The van der Waals surface area contributed by atoms with E-state index >= 15 is 0 Å². The molecule has 3 aromatic rings. The number of hydrogen-bond acceptors (Lipinski definition) is 6. The summed E-state index contributed by atoms with van der Waals surface area (Å²) in [6, 6.07) is 14.4. The van der Waals surface area contributed by atoms with Crippen molar-refractivity contribution < 1.29 is 9.21 Å². The number of pyridine rings is 1. The molecular formula is C24H29N5O2. The molecule has 7 heteroatoms. The van der Waals surface area contributed by atoms with Crippen LogP contribution in [0.2, 0.25) is 0 Å². The first-order valence-electron chi connectivity index (χ1n) is 10.8. The Labute approximate surface area is 183 Å². The van der Waals surface area contributed by atoms with Gasteiger partial charge in [0.15, 0.2) is 5.69 Å². The first kappa shape index (κ1) is 21.2. The summed E-state index contributed by atoms with van der Waals surface area (Å²) in [7, 11) is 0. The molecule has 31 heavy (non-hydrogen) atoms. The number of oxazole rings is 1. The van der Waals surface area contributed by atoms with Crippen molar-refractivity contribution in [2.45, 2.75) is 32.5 Å². The molecule has 0 saturated carbocycles. The summed E-state index contributed by atoms with van der Waals surface area (Å²) in [4.78, 5) is 25.8. The van der Waals surface area contributed by atoms with Gasteiger partial charge >= 0.3 is 0 Å². The van der Waals surface area contributed by atoms with E-state index in [0.29, 0.717) is 18.1 Å². The lowest BCUT2D eigenvalue weighted by Gasteiger charge is -2.34. The minimum atomic E-state index is -0.209. The first-order chi connectivity index (χ1) is 15.2. The fraction of sp³-hybridized carbons (Fsp3) is 0.375. The zero-order valence-electron chi connectivity index (χ0n) is 17.9. The van der Waals surface area contributed by atoms with Gasteiger partial charge in [0, 0.05) is 51.2 Å². The highest BCUT2D eigenvalue weighted by Crippen LogP contribution is 2.12. The van der Waals surface area contributed by atoms with Crippen LogP contribution in [0.5, 0.6) is 0 Å². The monoisotopic (exact) mass is 419 g/mol. The van der Waals surface area contributed by atoms with E-state index in [1.54, 1.807) is 6.20 Å². The highest BCUT2D eigenvalue weighted by Gasteiger charge is 2.20. The van der Waals surface area contributed by atoms with Gasteiger partial charge in [-0.05, 0) is 30.5 Å². The van der Waals surface area contributed by atoms with Crippen LogP contribution >= 0.6 is 0 Å². The molecule has 1 aliphatic heterocycles. The molecule has 1 unspecified atom stereocenters. The summed E-state index contributed by atoms with van der Waals surface area (Å²) in [6.07, 6.45) is 5.73. The number of amides is 1. The Morgan fingerprint density at radius 3 is 2.45 bits per heavy atom. The Morgan fingerprint density at radius 2 is 1.74 bits per heavy atom. The average Bonchev–Trinajstić information content (AvgIpc) is 3.25. The lowest BCUT2D eigenvalue weighted by Crippen LogP contribution is -2.45. The quantitative estimate of drug-likeness (QED) is 0.605. The van der Waals surface area contributed by atoms with E-state index in [1.807, 2.05) is 31.3 Å². The van der Waals surface area contributed by atoms with Crippen molar-refractivity contribution in [3.63, 3.8) is 0 Å². The number of rotatable bonds is 8. The predicted molar refractivity (Wildman–Crippen MR) is 118 cm³/mol. The molecule has 1 N–H and O–H groups in total. The maximum absolute atomic E-state index is 12.5. The van der Waals surface area contributed by atoms with Gasteiger partial charge in [0.05, 0.1) is 6.54 Å². The zero-order chi connectivity index (χ0) is 21.5. The summed E-state index contributed by atoms with van der Waals surface area (Å²) in [6.45, 7) is 7.51. The molecular weight excluding hydrogens is 390 g/mol. The number of nitrogens with zero attached hydrogens (tertiary/aromatic N) is 4. The molecule has 0 aliphatic carbocycles. The fourth-order valence-corrected chi connectivity index (χ4v) is 3.85. The number of nitrogens with one attached hydrogen (secondary N) is 1. The number of carbonyl (C=O) groups excluding carboxylic acids is 1. The highest BCUT2D eigenvalue weighted by molar-refractivity contribution is 5.92. The van der Waals surface area contributed by atoms with Crippen LogP contribution in [0.1, 0.15) is 34.4 Å². The summed E-state index contributed by atoms with van der Waals surface area (Å²) in [5.41, 5.74) is 2.76. The third-order valence-electron chi connectivity index (χ3n) is 5.50. The Hall–Kier alpha value is -3.03. The number of piperazine rings is 1. The molecule has 1 aromatic carbocycles. The van der Waals surface area contributed by atoms with Crippen LogP contribution in [-0.4, -0.2) is 57.9 Å². The lowest BCUT2D eigenvalue weighted by molar-refractivity contribution is 0.0934. The van der Waals surface area contributed by atoms with Crippen molar-refractivity contribution in [3.05, 3.63) is 83.8 Å².